The lowest BCUT2D eigenvalue weighted by Gasteiger charge is -2.33. The first-order valence-electron chi connectivity index (χ1n) is 14.3. The van der Waals surface area contributed by atoms with Crippen LogP contribution in [0.2, 0.25) is 0 Å². The van der Waals surface area contributed by atoms with Crippen molar-refractivity contribution < 1.29 is 31.9 Å². The Bertz CT molecular complexity index is 1690. The molecule has 4 rings (SSSR count). The molecule has 0 unspecified atom stereocenters. The van der Waals surface area contributed by atoms with E-state index < -0.39 is 40.2 Å². The fourth-order valence-corrected chi connectivity index (χ4v) is 6.29. The summed E-state index contributed by atoms with van der Waals surface area (Å²) in [5.74, 6) is -0.923. The van der Waals surface area contributed by atoms with Crippen molar-refractivity contribution in [1.82, 2.24) is 10.2 Å². The molecular formula is C34H36FN3O6S. The zero-order valence-corrected chi connectivity index (χ0v) is 26.2. The monoisotopic (exact) mass is 633 g/mol. The second kappa shape index (κ2) is 15.2. The normalized spacial score (nSPS) is 11.7. The molecule has 236 valence electrons. The molecule has 0 aliphatic carbocycles. The number of carbonyl (C=O) groups excluding carboxylic acids is 2. The minimum Gasteiger partial charge on any atom is -0.493 e. The van der Waals surface area contributed by atoms with Crippen molar-refractivity contribution in [3.05, 3.63) is 120 Å². The SMILES string of the molecule is CCNC(=O)[C@H](Cc1ccccc1)N(Cc1ccc(F)cc1)C(=O)CN(c1ccccc1)S(=O)(=O)c1ccc(OC)c(OC)c1. The molecule has 0 aliphatic rings. The molecule has 4 aromatic carbocycles. The summed E-state index contributed by atoms with van der Waals surface area (Å²) in [4.78, 5) is 29.1. The predicted octanol–water partition coefficient (Wildman–Crippen LogP) is 4.81. The summed E-state index contributed by atoms with van der Waals surface area (Å²) in [7, 11) is -1.49. The number of halogens is 1. The Morgan fingerprint density at radius 3 is 2.04 bits per heavy atom. The highest BCUT2D eigenvalue weighted by atomic mass is 32.2. The van der Waals surface area contributed by atoms with Gasteiger partial charge >= 0.3 is 0 Å². The number of para-hydroxylation sites is 1. The molecule has 0 aliphatic heterocycles. The molecular weight excluding hydrogens is 597 g/mol. The van der Waals surface area contributed by atoms with Crippen LogP contribution in [0.1, 0.15) is 18.1 Å². The topological polar surface area (TPSA) is 105 Å². The maximum Gasteiger partial charge on any atom is 0.264 e. The molecule has 1 atom stereocenters. The lowest BCUT2D eigenvalue weighted by atomic mass is 10.0. The number of nitrogens with one attached hydrogen (secondary N) is 1. The van der Waals surface area contributed by atoms with Crippen LogP contribution >= 0.6 is 0 Å². The number of sulfonamides is 1. The van der Waals surface area contributed by atoms with Gasteiger partial charge in [0.1, 0.15) is 18.4 Å². The molecule has 1 N–H and O–H groups in total. The minimum atomic E-state index is -4.33. The minimum absolute atomic E-state index is 0.0627. The summed E-state index contributed by atoms with van der Waals surface area (Å²) in [5, 5.41) is 2.81. The van der Waals surface area contributed by atoms with Crippen LogP contribution in [0.25, 0.3) is 0 Å². The van der Waals surface area contributed by atoms with Gasteiger partial charge in [0.25, 0.3) is 10.0 Å². The first-order chi connectivity index (χ1) is 21.7. The highest BCUT2D eigenvalue weighted by Crippen LogP contribution is 2.32. The van der Waals surface area contributed by atoms with Crippen molar-refractivity contribution in [2.24, 2.45) is 0 Å². The van der Waals surface area contributed by atoms with E-state index in [2.05, 4.69) is 5.32 Å². The van der Waals surface area contributed by atoms with Gasteiger partial charge in [-0.2, -0.15) is 0 Å². The zero-order valence-electron chi connectivity index (χ0n) is 25.4. The van der Waals surface area contributed by atoms with Gasteiger partial charge in [0.05, 0.1) is 24.8 Å². The third kappa shape index (κ3) is 8.18. The fourth-order valence-electron chi connectivity index (χ4n) is 4.86. The Morgan fingerprint density at radius 2 is 1.44 bits per heavy atom. The molecule has 0 aromatic heterocycles. The third-order valence-electron chi connectivity index (χ3n) is 7.15. The van der Waals surface area contributed by atoms with Crippen molar-refractivity contribution in [3.8, 4) is 11.5 Å². The van der Waals surface area contributed by atoms with Crippen LogP contribution in [0.4, 0.5) is 10.1 Å². The molecule has 0 saturated carbocycles. The van der Waals surface area contributed by atoms with E-state index >= 15 is 0 Å². The molecule has 0 bridgehead atoms. The first-order valence-corrected chi connectivity index (χ1v) is 15.8. The number of nitrogens with zero attached hydrogens (tertiary/aromatic N) is 2. The predicted molar refractivity (Wildman–Crippen MR) is 170 cm³/mol. The van der Waals surface area contributed by atoms with E-state index in [9.17, 15) is 22.4 Å². The van der Waals surface area contributed by atoms with Crippen LogP contribution in [-0.2, 0) is 32.6 Å². The van der Waals surface area contributed by atoms with Crippen molar-refractivity contribution in [3.63, 3.8) is 0 Å². The van der Waals surface area contributed by atoms with Crippen LogP contribution < -0.4 is 19.1 Å². The third-order valence-corrected chi connectivity index (χ3v) is 8.92. The van der Waals surface area contributed by atoms with Gasteiger partial charge in [-0.05, 0) is 54.4 Å². The Labute approximate surface area is 263 Å². The van der Waals surface area contributed by atoms with E-state index in [4.69, 9.17) is 9.47 Å². The lowest BCUT2D eigenvalue weighted by Crippen LogP contribution is -2.53. The fraction of sp³-hybridized carbons (Fsp3) is 0.235. The van der Waals surface area contributed by atoms with Gasteiger partial charge in [-0.3, -0.25) is 13.9 Å². The largest absolute Gasteiger partial charge is 0.493 e. The Hall–Kier alpha value is -4.90. The van der Waals surface area contributed by atoms with Crippen LogP contribution in [0.15, 0.2) is 108 Å². The highest BCUT2D eigenvalue weighted by Gasteiger charge is 2.34. The van der Waals surface area contributed by atoms with E-state index in [-0.39, 0.29) is 29.3 Å². The van der Waals surface area contributed by atoms with Crippen molar-refractivity contribution in [1.29, 1.82) is 0 Å². The number of methoxy groups -OCH3 is 2. The number of benzene rings is 4. The van der Waals surface area contributed by atoms with Gasteiger partial charge in [-0.1, -0.05) is 60.7 Å². The van der Waals surface area contributed by atoms with E-state index in [1.165, 1.54) is 61.6 Å². The van der Waals surface area contributed by atoms with Crippen LogP contribution in [-0.4, -0.2) is 58.5 Å². The summed E-state index contributed by atoms with van der Waals surface area (Å²) in [6.07, 6.45) is 0.174. The quantitative estimate of drug-likeness (QED) is 0.214. The second-order valence-corrected chi connectivity index (χ2v) is 12.0. The van der Waals surface area contributed by atoms with Crippen LogP contribution in [0.5, 0.6) is 11.5 Å². The number of amides is 2. The van der Waals surface area contributed by atoms with Crippen molar-refractivity contribution in [2.75, 3.05) is 31.6 Å². The lowest BCUT2D eigenvalue weighted by molar-refractivity contribution is -0.140. The summed E-state index contributed by atoms with van der Waals surface area (Å²) >= 11 is 0. The van der Waals surface area contributed by atoms with E-state index in [0.29, 0.717) is 17.9 Å². The molecule has 4 aromatic rings. The van der Waals surface area contributed by atoms with Crippen molar-refractivity contribution >= 4 is 27.5 Å². The molecule has 11 heteroatoms. The van der Waals surface area contributed by atoms with E-state index in [0.717, 1.165) is 9.87 Å². The number of ether oxygens (including phenoxy) is 2. The van der Waals surface area contributed by atoms with Gasteiger partial charge in [-0.15, -0.1) is 0 Å². The summed E-state index contributed by atoms with van der Waals surface area (Å²) < 4.78 is 53.8. The van der Waals surface area contributed by atoms with Gasteiger partial charge in [0, 0.05) is 25.6 Å². The standard InChI is InChI=1S/C34H36FN3O6S/c1-4-36-34(40)30(21-25-11-7-5-8-12-25)37(23-26-15-17-27(35)18-16-26)33(39)24-38(28-13-9-6-10-14-28)45(41,42)29-19-20-31(43-2)32(22-29)44-3/h5-20,22,30H,4,21,23-24H2,1-3H3,(H,36,40)/t30-/m0/s1. The number of hydrogen-bond acceptors (Lipinski definition) is 6. The molecule has 0 spiro atoms. The number of likely N-dealkylation sites (N-methyl/N-ethyl adjacent to an activating group) is 1. The molecule has 0 fully saturated rings. The average Bonchev–Trinajstić information content (AvgIpc) is 3.06. The van der Waals surface area contributed by atoms with Gasteiger partial charge < -0.3 is 19.7 Å². The maximum atomic E-state index is 14.4. The summed E-state index contributed by atoms with van der Waals surface area (Å²) in [5.41, 5.74) is 1.63. The molecule has 9 nitrogen and oxygen atoms in total. The van der Waals surface area contributed by atoms with Crippen LogP contribution in [0.3, 0.4) is 0 Å². The second-order valence-electron chi connectivity index (χ2n) is 10.1. The highest BCUT2D eigenvalue weighted by molar-refractivity contribution is 7.92. The molecule has 0 saturated heterocycles. The van der Waals surface area contributed by atoms with Gasteiger partial charge in [0.15, 0.2) is 11.5 Å². The van der Waals surface area contributed by atoms with E-state index in [1.807, 2.05) is 30.3 Å². The number of hydrogen-bond donors (Lipinski definition) is 1. The zero-order chi connectivity index (χ0) is 32.4. The number of anilines is 1. The molecule has 0 heterocycles. The Morgan fingerprint density at radius 1 is 0.822 bits per heavy atom. The summed E-state index contributed by atoms with van der Waals surface area (Å²) in [6.45, 7) is 1.42. The molecule has 45 heavy (non-hydrogen) atoms. The smallest absolute Gasteiger partial charge is 0.264 e. The molecule has 2 amide bonds. The van der Waals surface area contributed by atoms with Crippen LogP contribution in [0, 0.1) is 5.82 Å². The number of carbonyl (C=O) groups is 2. The Balaban J connectivity index is 1.79. The van der Waals surface area contributed by atoms with Crippen molar-refractivity contribution in [2.45, 2.75) is 30.8 Å². The Kier molecular flexibility index (Phi) is 11.2. The maximum absolute atomic E-state index is 14.4. The summed E-state index contributed by atoms with van der Waals surface area (Å²) in [6, 6.07) is 26.3. The van der Waals surface area contributed by atoms with Gasteiger partial charge in [0.2, 0.25) is 11.8 Å². The van der Waals surface area contributed by atoms with E-state index in [1.54, 1.807) is 37.3 Å². The van der Waals surface area contributed by atoms with Gasteiger partial charge in [-0.25, -0.2) is 12.8 Å². The number of rotatable bonds is 14. The first kappa shape index (κ1) is 33.0. The molecule has 0 radical (unpaired) electrons. The average molecular weight is 634 g/mol.